The summed E-state index contributed by atoms with van der Waals surface area (Å²) >= 11 is 0. The molecule has 0 saturated carbocycles. The van der Waals surface area contributed by atoms with E-state index in [-0.39, 0.29) is 5.91 Å². The van der Waals surface area contributed by atoms with Gasteiger partial charge in [-0.25, -0.2) is 0 Å². The Hall–Kier alpha value is -2.49. The van der Waals surface area contributed by atoms with Gasteiger partial charge in [-0.1, -0.05) is 12.1 Å². The summed E-state index contributed by atoms with van der Waals surface area (Å²) in [5.41, 5.74) is 7.92. The van der Waals surface area contributed by atoms with Gasteiger partial charge in [0, 0.05) is 25.8 Å². The summed E-state index contributed by atoms with van der Waals surface area (Å²) < 4.78 is 5.81. The van der Waals surface area contributed by atoms with Crippen molar-refractivity contribution in [3.05, 3.63) is 53.6 Å². The number of rotatable bonds is 3. The largest absolute Gasteiger partial charge is 0.456 e. The lowest BCUT2D eigenvalue weighted by Gasteiger charge is -2.15. The van der Waals surface area contributed by atoms with Crippen molar-refractivity contribution in [1.29, 1.82) is 0 Å². The second-order valence-corrected chi connectivity index (χ2v) is 4.87. The number of nitrogens with two attached hydrogens (primary N) is 1. The van der Waals surface area contributed by atoms with E-state index >= 15 is 0 Å². The number of hydrogen-bond donors (Lipinski definition) is 1. The van der Waals surface area contributed by atoms with Crippen LogP contribution in [-0.4, -0.2) is 24.9 Å². The minimum atomic E-state index is -0.118. The highest BCUT2D eigenvalue weighted by Gasteiger charge is 2.15. The number of aryl methyl sites for hydroxylation is 1. The Bertz CT molecular complexity index is 636. The summed E-state index contributed by atoms with van der Waals surface area (Å²) in [6.07, 6.45) is 0. The molecule has 2 N–H and O–H groups in total. The Kier molecular flexibility index (Phi) is 3.94. The molecule has 0 aliphatic heterocycles. The summed E-state index contributed by atoms with van der Waals surface area (Å²) in [7, 11) is 3.41. The van der Waals surface area contributed by atoms with E-state index in [1.54, 1.807) is 32.3 Å². The Morgan fingerprint density at radius 1 is 1.15 bits per heavy atom. The van der Waals surface area contributed by atoms with E-state index in [0.717, 1.165) is 5.56 Å². The Labute approximate surface area is 118 Å². The Morgan fingerprint density at radius 2 is 1.90 bits per heavy atom. The zero-order chi connectivity index (χ0) is 14.7. The molecule has 2 aromatic rings. The molecule has 2 rings (SSSR count). The molecule has 0 spiro atoms. The first-order valence-corrected chi connectivity index (χ1v) is 6.33. The lowest BCUT2D eigenvalue weighted by atomic mass is 10.1. The zero-order valence-corrected chi connectivity index (χ0v) is 11.9. The van der Waals surface area contributed by atoms with Gasteiger partial charge < -0.3 is 15.4 Å². The van der Waals surface area contributed by atoms with Crippen molar-refractivity contribution in [2.75, 3.05) is 19.8 Å². The fourth-order valence-electron chi connectivity index (χ4n) is 1.85. The van der Waals surface area contributed by atoms with Gasteiger partial charge in [-0.2, -0.15) is 0 Å². The molecular formula is C16H18N2O2. The topological polar surface area (TPSA) is 55.6 Å². The first-order valence-electron chi connectivity index (χ1n) is 6.33. The molecule has 0 bridgehead atoms. The number of benzene rings is 2. The van der Waals surface area contributed by atoms with E-state index in [2.05, 4.69) is 0 Å². The summed E-state index contributed by atoms with van der Waals surface area (Å²) in [5.74, 6) is 1.03. The van der Waals surface area contributed by atoms with Crippen LogP contribution < -0.4 is 10.5 Å². The van der Waals surface area contributed by atoms with Crippen LogP contribution >= 0.6 is 0 Å². The van der Waals surface area contributed by atoms with Crippen LogP contribution in [-0.2, 0) is 0 Å². The Morgan fingerprint density at radius 3 is 2.55 bits per heavy atom. The number of nitrogen functional groups attached to an aromatic ring is 1. The summed E-state index contributed by atoms with van der Waals surface area (Å²) in [6, 6.07) is 12.7. The maximum absolute atomic E-state index is 12.1. The maximum Gasteiger partial charge on any atom is 0.257 e. The molecule has 0 heterocycles. The molecule has 0 atom stereocenters. The average Bonchev–Trinajstić information content (AvgIpc) is 2.38. The number of carbonyl (C=O) groups is 1. The number of anilines is 1. The molecule has 1 amide bonds. The molecule has 104 valence electrons. The summed E-state index contributed by atoms with van der Waals surface area (Å²) in [5, 5.41) is 0. The molecule has 0 unspecified atom stereocenters. The average molecular weight is 270 g/mol. The fourth-order valence-corrected chi connectivity index (χ4v) is 1.85. The fraction of sp³-hybridized carbons (Fsp3) is 0.188. The molecule has 0 radical (unpaired) electrons. The monoisotopic (exact) mass is 270 g/mol. The van der Waals surface area contributed by atoms with Gasteiger partial charge in [0.1, 0.15) is 11.5 Å². The van der Waals surface area contributed by atoms with Gasteiger partial charge in [-0.15, -0.1) is 0 Å². The SMILES string of the molecule is Cc1cccc(Oc2cc(N)ccc2C(=O)N(C)C)c1. The van der Waals surface area contributed by atoms with Crippen LogP contribution in [0.3, 0.4) is 0 Å². The smallest absolute Gasteiger partial charge is 0.257 e. The number of hydrogen-bond acceptors (Lipinski definition) is 3. The minimum Gasteiger partial charge on any atom is -0.456 e. The van der Waals surface area contributed by atoms with Crippen molar-refractivity contribution in [3.8, 4) is 11.5 Å². The van der Waals surface area contributed by atoms with Gasteiger partial charge in [0.15, 0.2) is 0 Å². The lowest BCUT2D eigenvalue weighted by molar-refractivity contribution is 0.0825. The van der Waals surface area contributed by atoms with Crippen LogP contribution in [0, 0.1) is 6.92 Å². The molecule has 2 aromatic carbocycles. The highest BCUT2D eigenvalue weighted by molar-refractivity contribution is 5.97. The number of carbonyl (C=O) groups excluding carboxylic acids is 1. The minimum absolute atomic E-state index is 0.118. The number of nitrogens with zero attached hydrogens (tertiary/aromatic N) is 1. The van der Waals surface area contributed by atoms with E-state index in [1.165, 1.54) is 4.90 Å². The van der Waals surface area contributed by atoms with Gasteiger partial charge in [-0.05, 0) is 36.8 Å². The maximum atomic E-state index is 12.1. The zero-order valence-electron chi connectivity index (χ0n) is 11.9. The van der Waals surface area contributed by atoms with Crippen LogP contribution in [0.2, 0.25) is 0 Å². The number of ether oxygens (including phenoxy) is 1. The van der Waals surface area contributed by atoms with Gasteiger partial charge in [0.05, 0.1) is 5.56 Å². The molecule has 0 aliphatic carbocycles. The van der Waals surface area contributed by atoms with E-state index in [9.17, 15) is 4.79 Å². The molecule has 4 heteroatoms. The first kappa shape index (κ1) is 13.9. The van der Waals surface area contributed by atoms with Crippen molar-refractivity contribution < 1.29 is 9.53 Å². The highest BCUT2D eigenvalue weighted by atomic mass is 16.5. The third-order valence-electron chi connectivity index (χ3n) is 2.86. The summed E-state index contributed by atoms with van der Waals surface area (Å²) in [4.78, 5) is 13.6. The van der Waals surface area contributed by atoms with E-state index in [0.29, 0.717) is 22.7 Å². The lowest BCUT2D eigenvalue weighted by Crippen LogP contribution is -2.22. The summed E-state index contributed by atoms with van der Waals surface area (Å²) in [6.45, 7) is 1.98. The molecule has 20 heavy (non-hydrogen) atoms. The van der Waals surface area contributed by atoms with Gasteiger partial charge in [0.25, 0.3) is 5.91 Å². The molecule has 4 nitrogen and oxygen atoms in total. The highest BCUT2D eigenvalue weighted by Crippen LogP contribution is 2.28. The molecule has 0 fully saturated rings. The van der Waals surface area contributed by atoms with Crippen LogP contribution in [0.25, 0.3) is 0 Å². The van der Waals surface area contributed by atoms with Crippen LogP contribution in [0.4, 0.5) is 5.69 Å². The molecule has 0 aliphatic rings. The second kappa shape index (κ2) is 5.65. The third kappa shape index (κ3) is 3.09. The third-order valence-corrected chi connectivity index (χ3v) is 2.86. The van der Waals surface area contributed by atoms with E-state index in [4.69, 9.17) is 10.5 Å². The first-order chi connectivity index (χ1) is 9.47. The standard InChI is InChI=1S/C16H18N2O2/c1-11-5-4-6-13(9-11)20-15-10-12(17)7-8-14(15)16(19)18(2)3/h4-10H,17H2,1-3H3. The number of amides is 1. The van der Waals surface area contributed by atoms with E-state index < -0.39 is 0 Å². The van der Waals surface area contributed by atoms with Gasteiger partial charge >= 0.3 is 0 Å². The van der Waals surface area contributed by atoms with Crippen LogP contribution in [0.1, 0.15) is 15.9 Å². The second-order valence-electron chi connectivity index (χ2n) is 4.87. The van der Waals surface area contributed by atoms with Crippen LogP contribution in [0.15, 0.2) is 42.5 Å². The van der Waals surface area contributed by atoms with Crippen LogP contribution in [0.5, 0.6) is 11.5 Å². The van der Waals surface area contributed by atoms with Crippen molar-refractivity contribution in [3.63, 3.8) is 0 Å². The van der Waals surface area contributed by atoms with E-state index in [1.807, 2.05) is 31.2 Å². The van der Waals surface area contributed by atoms with Gasteiger partial charge in [-0.3, -0.25) is 4.79 Å². The van der Waals surface area contributed by atoms with Crippen molar-refractivity contribution in [1.82, 2.24) is 4.90 Å². The molecule has 0 saturated heterocycles. The van der Waals surface area contributed by atoms with Crippen molar-refractivity contribution in [2.45, 2.75) is 6.92 Å². The predicted octanol–water partition coefficient (Wildman–Crippen LogP) is 3.07. The van der Waals surface area contributed by atoms with Crippen molar-refractivity contribution in [2.24, 2.45) is 0 Å². The van der Waals surface area contributed by atoms with Crippen molar-refractivity contribution >= 4 is 11.6 Å². The van der Waals surface area contributed by atoms with Gasteiger partial charge in [0.2, 0.25) is 0 Å². The molecule has 0 aromatic heterocycles. The molecular weight excluding hydrogens is 252 g/mol. The normalized spacial score (nSPS) is 10.2. The quantitative estimate of drug-likeness (QED) is 0.872. The predicted molar refractivity (Wildman–Crippen MR) is 80.1 cm³/mol. The Balaban J connectivity index is 2.39.